The first-order valence-electron chi connectivity index (χ1n) is 10.9. The number of thioether (sulfide) groups is 1. The van der Waals surface area contributed by atoms with E-state index in [0.29, 0.717) is 22.3 Å². The number of hydrogen-bond acceptors (Lipinski definition) is 6. The van der Waals surface area contributed by atoms with Gasteiger partial charge < -0.3 is 15.2 Å². The Labute approximate surface area is 210 Å². The number of anilines is 1. The Balaban J connectivity index is 1.52. The number of methoxy groups -OCH3 is 1. The number of amides is 2. The van der Waals surface area contributed by atoms with Crippen LogP contribution in [0, 0.1) is 5.82 Å². The summed E-state index contributed by atoms with van der Waals surface area (Å²) >= 11 is 1.18. The van der Waals surface area contributed by atoms with Crippen LogP contribution in [0.1, 0.15) is 22.3 Å². The van der Waals surface area contributed by atoms with Crippen molar-refractivity contribution in [3.8, 4) is 5.75 Å². The van der Waals surface area contributed by atoms with E-state index in [4.69, 9.17) is 9.84 Å². The molecular weight excluding hydrogens is 485 g/mol. The van der Waals surface area contributed by atoms with E-state index in [1.165, 1.54) is 53.1 Å². The first kappa shape index (κ1) is 24.9. The average molecular weight is 508 g/mol. The number of carboxylic acids is 1. The van der Waals surface area contributed by atoms with E-state index in [2.05, 4.69) is 10.3 Å². The van der Waals surface area contributed by atoms with Crippen molar-refractivity contribution in [3.63, 3.8) is 0 Å². The van der Waals surface area contributed by atoms with Crippen LogP contribution in [0.4, 0.5) is 15.8 Å². The molecule has 1 aliphatic rings. The number of nitrogens with zero attached hydrogens (tertiary/aromatic N) is 2. The summed E-state index contributed by atoms with van der Waals surface area (Å²) in [6.45, 7) is 0.176. The van der Waals surface area contributed by atoms with Crippen molar-refractivity contribution >= 4 is 46.1 Å². The van der Waals surface area contributed by atoms with Crippen molar-refractivity contribution in [3.05, 3.63) is 89.7 Å². The fourth-order valence-corrected chi connectivity index (χ4v) is 4.64. The van der Waals surface area contributed by atoms with Gasteiger partial charge in [-0.15, -0.1) is 0 Å². The molecule has 0 bridgehead atoms. The van der Waals surface area contributed by atoms with Gasteiger partial charge in [-0.05, 0) is 66.2 Å². The second-order valence-corrected chi connectivity index (χ2v) is 9.05. The standard InChI is InChI=1S/C26H22FN3O5S/c1-35-21-12-10-20(11-13-21)29-26-30(15-16-2-6-18(27)7-3-16)24(32)22(36-26)14-23(31)28-19-8-4-17(5-9-19)25(33)34/h2-13,22H,14-15H2,1H3,(H,28,31)(H,33,34)/t22-/m0/s1. The molecule has 0 unspecified atom stereocenters. The molecule has 3 aromatic carbocycles. The van der Waals surface area contributed by atoms with Gasteiger partial charge in [0, 0.05) is 12.1 Å². The average Bonchev–Trinajstić information content (AvgIpc) is 3.14. The number of carboxylic acid groups (broad SMARTS) is 1. The summed E-state index contributed by atoms with van der Waals surface area (Å²) in [6.07, 6.45) is -0.105. The Morgan fingerprint density at radius 2 is 1.72 bits per heavy atom. The van der Waals surface area contributed by atoms with E-state index < -0.39 is 17.1 Å². The fourth-order valence-electron chi connectivity index (χ4n) is 3.49. The summed E-state index contributed by atoms with van der Waals surface area (Å²) in [5.41, 5.74) is 1.86. The van der Waals surface area contributed by atoms with Crippen LogP contribution in [0.15, 0.2) is 77.8 Å². The molecule has 10 heteroatoms. The molecule has 184 valence electrons. The molecule has 1 saturated heterocycles. The number of amidine groups is 1. The first-order chi connectivity index (χ1) is 17.3. The highest BCUT2D eigenvalue weighted by Gasteiger charge is 2.39. The second-order valence-electron chi connectivity index (χ2n) is 7.88. The third-order valence-corrected chi connectivity index (χ3v) is 6.53. The van der Waals surface area contributed by atoms with E-state index in [-0.39, 0.29) is 30.3 Å². The second kappa shape index (κ2) is 11.0. The van der Waals surface area contributed by atoms with Crippen LogP contribution in [0.5, 0.6) is 5.75 Å². The molecule has 0 aromatic heterocycles. The lowest BCUT2D eigenvalue weighted by molar-refractivity contribution is -0.128. The Kier molecular flexibility index (Phi) is 7.65. The molecule has 4 rings (SSSR count). The molecule has 0 saturated carbocycles. The van der Waals surface area contributed by atoms with Crippen LogP contribution in [0.25, 0.3) is 0 Å². The number of hydrogen-bond donors (Lipinski definition) is 2. The van der Waals surface area contributed by atoms with Gasteiger partial charge in [-0.2, -0.15) is 0 Å². The minimum atomic E-state index is -1.06. The fraction of sp³-hybridized carbons (Fsp3) is 0.154. The minimum absolute atomic E-state index is 0.102. The van der Waals surface area contributed by atoms with Crippen molar-refractivity contribution < 1.29 is 28.6 Å². The molecule has 0 spiro atoms. The number of carbonyl (C=O) groups is 3. The number of nitrogens with one attached hydrogen (secondary N) is 1. The van der Waals surface area contributed by atoms with Gasteiger partial charge in [0.2, 0.25) is 11.8 Å². The third-order valence-electron chi connectivity index (χ3n) is 5.36. The number of halogens is 1. The van der Waals surface area contributed by atoms with Gasteiger partial charge in [0.15, 0.2) is 5.17 Å². The number of rotatable bonds is 8. The maximum atomic E-state index is 13.4. The minimum Gasteiger partial charge on any atom is -0.497 e. The van der Waals surface area contributed by atoms with Crippen molar-refractivity contribution in [1.82, 2.24) is 4.90 Å². The van der Waals surface area contributed by atoms with Crippen LogP contribution in [0.3, 0.4) is 0 Å². The molecule has 2 amide bonds. The molecule has 1 atom stereocenters. The summed E-state index contributed by atoms with van der Waals surface area (Å²) in [7, 11) is 1.56. The van der Waals surface area contributed by atoms with Crippen LogP contribution in [0.2, 0.25) is 0 Å². The highest BCUT2D eigenvalue weighted by Crippen LogP contribution is 2.33. The van der Waals surface area contributed by atoms with Gasteiger partial charge in [0.25, 0.3) is 0 Å². The zero-order valence-electron chi connectivity index (χ0n) is 19.2. The van der Waals surface area contributed by atoms with Gasteiger partial charge in [0.1, 0.15) is 16.8 Å². The zero-order valence-corrected chi connectivity index (χ0v) is 20.0. The topological polar surface area (TPSA) is 108 Å². The van der Waals surface area contributed by atoms with Crippen molar-refractivity contribution in [1.29, 1.82) is 0 Å². The summed E-state index contributed by atoms with van der Waals surface area (Å²) in [5, 5.41) is 11.4. The molecule has 1 heterocycles. The highest BCUT2D eigenvalue weighted by atomic mass is 32.2. The monoisotopic (exact) mass is 507 g/mol. The molecule has 36 heavy (non-hydrogen) atoms. The van der Waals surface area contributed by atoms with Gasteiger partial charge in [-0.3, -0.25) is 14.5 Å². The predicted octanol–water partition coefficient (Wildman–Crippen LogP) is 4.69. The van der Waals surface area contributed by atoms with Gasteiger partial charge in [0.05, 0.1) is 24.9 Å². The van der Waals surface area contributed by atoms with Crippen molar-refractivity contribution in [2.75, 3.05) is 12.4 Å². The number of aliphatic imine (C=N–C) groups is 1. The molecule has 1 fully saturated rings. The van der Waals surface area contributed by atoms with Gasteiger partial charge in [-0.1, -0.05) is 23.9 Å². The predicted molar refractivity (Wildman–Crippen MR) is 135 cm³/mol. The van der Waals surface area contributed by atoms with Crippen LogP contribution >= 0.6 is 11.8 Å². The highest BCUT2D eigenvalue weighted by molar-refractivity contribution is 8.15. The summed E-state index contributed by atoms with van der Waals surface area (Å²) in [5.74, 6) is -1.45. The van der Waals surface area contributed by atoms with Gasteiger partial charge >= 0.3 is 5.97 Å². The van der Waals surface area contributed by atoms with E-state index >= 15 is 0 Å². The summed E-state index contributed by atoms with van der Waals surface area (Å²) in [4.78, 5) is 43.0. The van der Waals surface area contributed by atoms with E-state index in [1.807, 2.05) is 0 Å². The number of benzene rings is 3. The first-order valence-corrected chi connectivity index (χ1v) is 11.8. The normalized spacial score (nSPS) is 16.3. The molecule has 3 aromatic rings. The summed E-state index contributed by atoms with van der Waals surface area (Å²) < 4.78 is 18.5. The van der Waals surface area contributed by atoms with E-state index in [1.54, 1.807) is 43.5 Å². The van der Waals surface area contributed by atoms with E-state index in [9.17, 15) is 18.8 Å². The van der Waals surface area contributed by atoms with Crippen LogP contribution < -0.4 is 10.1 Å². The maximum Gasteiger partial charge on any atom is 0.335 e. The Bertz CT molecular complexity index is 1290. The largest absolute Gasteiger partial charge is 0.497 e. The lowest BCUT2D eigenvalue weighted by Gasteiger charge is -2.16. The summed E-state index contributed by atoms with van der Waals surface area (Å²) in [6, 6.07) is 18.6. The maximum absolute atomic E-state index is 13.4. The molecule has 0 radical (unpaired) electrons. The number of carbonyl (C=O) groups excluding carboxylic acids is 2. The lowest BCUT2D eigenvalue weighted by Crippen LogP contribution is -2.33. The third kappa shape index (κ3) is 6.08. The Morgan fingerprint density at radius 1 is 1.06 bits per heavy atom. The molecular formula is C26H22FN3O5S. The molecule has 1 aliphatic heterocycles. The zero-order chi connectivity index (χ0) is 25.7. The van der Waals surface area contributed by atoms with Gasteiger partial charge in [-0.25, -0.2) is 14.2 Å². The molecule has 8 nitrogen and oxygen atoms in total. The Morgan fingerprint density at radius 3 is 2.33 bits per heavy atom. The lowest BCUT2D eigenvalue weighted by atomic mass is 10.2. The number of aromatic carboxylic acids is 1. The smallest absolute Gasteiger partial charge is 0.335 e. The SMILES string of the molecule is COc1ccc(N=C2S[C@@H](CC(=O)Nc3ccc(C(=O)O)cc3)C(=O)N2Cc2ccc(F)cc2)cc1. The quantitative estimate of drug-likeness (QED) is 0.458. The van der Waals surface area contributed by atoms with Crippen LogP contribution in [-0.4, -0.2) is 45.3 Å². The van der Waals surface area contributed by atoms with Crippen LogP contribution in [-0.2, 0) is 16.1 Å². The van der Waals surface area contributed by atoms with Crippen molar-refractivity contribution in [2.24, 2.45) is 4.99 Å². The van der Waals surface area contributed by atoms with E-state index in [0.717, 1.165) is 5.56 Å². The molecule has 0 aliphatic carbocycles. The molecule has 2 N–H and O–H groups in total. The van der Waals surface area contributed by atoms with Crippen molar-refractivity contribution in [2.45, 2.75) is 18.2 Å². The number of ether oxygens (including phenoxy) is 1. The Hall–Kier alpha value is -4.18.